The molecule has 0 saturated carbocycles. The molecule has 14 heavy (non-hydrogen) atoms. The average molecular weight is 214 g/mol. The van der Waals surface area contributed by atoms with Gasteiger partial charge >= 0.3 is 0 Å². The van der Waals surface area contributed by atoms with Crippen LogP contribution in [0.25, 0.3) is 0 Å². The van der Waals surface area contributed by atoms with Gasteiger partial charge in [-0.15, -0.1) is 0 Å². The highest BCUT2D eigenvalue weighted by molar-refractivity contribution is 6.31. The summed E-state index contributed by atoms with van der Waals surface area (Å²) in [5.74, 6) is 0.328. The molecule has 0 fully saturated rings. The quantitative estimate of drug-likeness (QED) is 0.804. The second-order valence-corrected chi connectivity index (χ2v) is 4.15. The van der Waals surface area contributed by atoms with Crippen LogP contribution < -0.4 is 11.5 Å². The summed E-state index contributed by atoms with van der Waals surface area (Å²) < 4.78 is 0. The Morgan fingerprint density at radius 3 is 2.50 bits per heavy atom. The van der Waals surface area contributed by atoms with Gasteiger partial charge in [0.15, 0.2) is 0 Å². The van der Waals surface area contributed by atoms with E-state index in [-0.39, 0.29) is 12.1 Å². The van der Waals surface area contributed by atoms with Crippen molar-refractivity contribution < 1.29 is 0 Å². The minimum Gasteiger partial charge on any atom is -0.326 e. The smallest absolute Gasteiger partial charge is 0.0637 e. The number of pyridine rings is 1. The first-order chi connectivity index (χ1) is 6.54. The van der Waals surface area contributed by atoms with Gasteiger partial charge in [-0.2, -0.15) is 0 Å². The molecule has 1 aromatic heterocycles. The zero-order valence-electron chi connectivity index (χ0n) is 8.44. The molecule has 0 aromatic carbocycles. The molecule has 4 heteroatoms. The number of hydrogen-bond acceptors (Lipinski definition) is 3. The first-order valence-electron chi connectivity index (χ1n) is 4.64. The summed E-state index contributed by atoms with van der Waals surface area (Å²) in [5, 5.41) is 0.580. The normalized spacial score (nSPS) is 15.6. The Hall–Kier alpha value is -0.640. The van der Waals surface area contributed by atoms with E-state index in [4.69, 9.17) is 23.1 Å². The first kappa shape index (κ1) is 11.4. The Kier molecular flexibility index (Phi) is 3.86. The molecule has 78 valence electrons. The maximum atomic E-state index is 6.00. The molecule has 0 radical (unpaired) electrons. The van der Waals surface area contributed by atoms with E-state index in [1.807, 2.05) is 19.9 Å². The van der Waals surface area contributed by atoms with Crippen LogP contribution in [0.5, 0.6) is 0 Å². The third-order valence-electron chi connectivity index (χ3n) is 2.35. The molecular weight excluding hydrogens is 198 g/mol. The van der Waals surface area contributed by atoms with Crippen molar-refractivity contribution in [2.24, 2.45) is 17.4 Å². The molecule has 0 aliphatic heterocycles. The third kappa shape index (κ3) is 2.44. The predicted octanol–water partition coefficient (Wildman–Crippen LogP) is 1.72. The minimum atomic E-state index is -0.231. The molecular formula is C10H16ClN3. The Bertz CT molecular complexity index is 301. The monoisotopic (exact) mass is 213 g/mol. The fourth-order valence-electron chi connectivity index (χ4n) is 1.28. The van der Waals surface area contributed by atoms with Crippen molar-refractivity contribution in [1.82, 2.24) is 4.98 Å². The summed E-state index contributed by atoms with van der Waals surface area (Å²) in [7, 11) is 0. The van der Waals surface area contributed by atoms with Gasteiger partial charge < -0.3 is 11.5 Å². The van der Waals surface area contributed by atoms with Gasteiger partial charge in [0.25, 0.3) is 0 Å². The van der Waals surface area contributed by atoms with Crippen LogP contribution in [0.3, 0.4) is 0 Å². The van der Waals surface area contributed by atoms with Crippen LogP contribution in [-0.4, -0.2) is 11.0 Å². The number of nitrogens with two attached hydrogens (primary N) is 2. The predicted molar refractivity (Wildman–Crippen MR) is 59.0 cm³/mol. The van der Waals surface area contributed by atoms with Crippen molar-refractivity contribution in [2.45, 2.75) is 25.9 Å². The number of nitrogens with zero attached hydrogens (tertiary/aromatic N) is 1. The standard InChI is InChI=1S/C10H16ClN3/c1-6(2)9(12)10(13)7-3-4-14-5-8(7)11/h3-6,9-10H,12-13H2,1-2H3. The fraction of sp³-hybridized carbons (Fsp3) is 0.500. The lowest BCUT2D eigenvalue weighted by atomic mass is 9.93. The summed E-state index contributed by atoms with van der Waals surface area (Å²) in [6.07, 6.45) is 3.26. The van der Waals surface area contributed by atoms with Crippen molar-refractivity contribution in [2.75, 3.05) is 0 Å². The maximum Gasteiger partial charge on any atom is 0.0637 e. The van der Waals surface area contributed by atoms with Gasteiger partial charge in [-0.25, -0.2) is 0 Å². The van der Waals surface area contributed by atoms with Crippen molar-refractivity contribution in [3.05, 3.63) is 29.0 Å². The summed E-state index contributed by atoms with van der Waals surface area (Å²) >= 11 is 5.97. The van der Waals surface area contributed by atoms with Gasteiger partial charge in [-0.3, -0.25) is 4.98 Å². The van der Waals surface area contributed by atoms with Gasteiger partial charge in [0.2, 0.25) is 0 Å². The molecule has 0 aliphatic carbocycles. The minimum absolute atomic E-state index is 0.0881. The fourth-order valence-corrected chi connectivity index (χ4v) is 1.52. The van der Waals surface area contributed by atoms with E-state index in [9.17, 15) is 0 Å². The van der Waals surface area contributed by atoms with E-state index in [1.54, 1.807) is 12.4 Å². The Labute approximate surface area is 89.5 Å². The second kappa shape index (κ2) is 4.73. The van der Waals surface area contributed by atoms with Crippen LogP contribution in [-0.2, 0) is 0 Å². The summed E-state index contributed by atoms with van der Waals surface area (Å²) in [6.45, 7) is 4.08. The second-order valence-electron chi connectivity index (χ2n) is 3.74. The average Bonchev–Trinajstić information content (AvgIpc) is 2.16. The largest absolute Gasteiger partial charge is 0.326 e. The highest BCUT2D eigenvalue weighted by atomic mass is 35.5. The van der Waals surface area contributed by atoms with Crippen LogP contribution in [0.15, 0.2) is 18.5 Å². The first-order valence-corrected chi connectivity index (χ1v) is 5.02. The van der Waals surface area contributed by atoms with E-state index in [0.29, 0.717) is 10.9 Å². The lowest BCUT2D eigenvalue weighted by Crippen LogP contribution is -2.38. The van der Waals surface area contributed by atoms with Gasteiger partial charge in [0.1, 0.15) is 0 Å². The molecule has 0 saturated heterocycles. The molecule has 2 unspecified atom stereocenters. The summed E-state index contributed by atoms with van der Waals surface area (Å²) in [4.78, 5) is 3.90. The van der Waals surface area contributed by atoms with E-state index >= 15 is 0 Å². The van der Waals surface area contributed by atoms with Crippen LogP contribution in [0, 0.1) is 5.92 Å². The van der Waals surface area contributed by atoms with Gasteiger partial charge in [0, 0.05) is 24.5 Å². The van der Waals surface area contributed by atoms with Crippen LogP contribution in [0.1, 0.15) is 25.5 Å². The maximum absolute atomic E-state index is 6.00. The topological polar surface area (TPSA) is 64.9 Å². The zero-order valence-corrected chi connectivity index (χ0v) is 9.20. The van der Waals surface area contributed by atoms with Crippen molar-refractivity contribution in [3.8, 4) is 0 Å². The molecule has 1 aromatic rings. The van der Waals surface area contributed by atoms with Crippen LogP contribution >= 0.6 is 11.6 Å². The summed E-state index contributed by atoms with van der Waals surface area (Å²) in [5.41, 5.74) is 12.8. The SMILES string of the molecule is CC(C)C(N)C(N)c1ccncc1Cl. The Morgan fingerprint density at radius 1 is 1.36 bits per heavy atom. The number of hydrogen-bond donors (Lipinski definition) is 2. The number of halogens is 1. The molecule has 0 bridgehead atoms. The number of aromatic nitrogens is 1. The molecule has 0 aliphatic rings. The summed E-state index contributed by atoms with van der Waals surface area (Å²) in [6, 6.07) is 1.50. The molecule has 3 nitrogen and oxygen atoms in total. The van der Waals surface area contributed by atoms with Crippen LogP contribution in [0.4, 0.5) is 0 Å². The van der Waals surface area contributed by atoms with E-state index in [1.165, 1.54) is 0 Å². The highest BCUT2D eigenvalue weighted by Gasteiger charge is 2.20. The van der Waals surface area contributed by atoms with Gasteiger partial charge in [-0.1, -0.05) is 25.4 Å². The lowest BCUT2D eigenvalue weighted by Gasteiger charge is -2.24. The molecule has 4 N–H and O–H groups in total. The molecule has 1 heterocycles. The Balaban J connectivity index is 2.89. The van der Waals surface area contributed by atoms with Gasteiger partial charge in [-0.05, 0) is 17.5 Å². The highest BCUT2D eigenvalue weighted by Crippen LogP contribution is 2.23. The third-order valence-corrected chi connectivity index (χ3v) is 2.66. The van der Waals surface area contributed by atoms with Crippen LogP contribution in [0.2, 0.25) is 5.02 Å². The van der Waals surface area contributed by atoms with Crippen molar-refractivity contribution in [3.63, 3.8) is 0 Å². The van der Waals surface area contributed by atoms with E-state index in [2.05, 4.69) is 4.98 Å². The lowest BCUT2D eigenvalue weighted by molar-refractivity contribution is 0.423. The van der Waals surface area contributed by atoms with E-state index in [0.717, 1.165) is 5.56 Å². The molecule has 0 spiro atoms. The molecule has 0 amide bonds. The Morgan fingerprint density at radius 2 is 2.00 bits per heavy atom. The zero-order chi connectivity index (χ0) is 10.7. The van der Waals surface area contributed by atoms with Gasteiger partial charge in [0.05, 0.1) is 5.02 Å². The van der Waals surface area contributed by atoms with Crippen molar-refractivity contribution >= 4 is 11.6 Å². The van der Waals surface area contributed by atoms with Crippen molar-refractivity contribution in [1.29, 1.82) is 0 Å². The number of rotatable bonds is 3. The molecule has 1 rings (SSSR count). The van der Waals surface area contributed by atoms with E-state index < -0.39 is 0 Å². The molecule has 2 atom stereocenters.